The smallest absolute Gasteiger partial charge is 0.410 e. The normalized spacial score (nSPS) is 32.3. The summed E-state index contributed by atoms with van der Waals surface area (Å²) in [6, 6.07) is -0.526. The molecule has 2 rings (SSSR count). The van der Waals surface area contributed by atoms with E-state index in [0.29, 0.717) is 0 Å². The lowest BCUT2D eigenvalue weighted by molar-refractivity contribution is -0.225. The fourth-order valence-electron chi connectivity index (χ4n) is 2.75. The van der Waals surface area contributed by atoms with Gasteiger partial charge in [-0.3, -0.25) is 4.90 Å². The number of hydrogen-bond acceptors (Lipinski definition) is 6. The van der Waals surface area contributed by atoms with E-state index >= 15 is 0 Å². The van der Waals surface area contributed by atoms with Gasteiger partial charge < -0.3 is 24.1 Å². The lowest BCUT2D eigenvalue weighted by Crippen LogP contribution is -2.55. The zero-order valence-corrected chi connectivity index (χ0v) is 12.6. The first-order valence-corrected chi connectivity index (χ1v) is 6.63. The van der Waals surface area contributed by atoms with Crippen molar-refractivity contribution in [1.29, 1.82) is 0 Å². The van der Waals surface area contributed by atoms with Crippen LogP contribution in [0.1, 0.15) is 20.8 Å². The molecule has 0 spiro atoms. The van der Waals surface area contributed by atoms with Crippen LogP contribution in [0.15, 0.2) is 0 Å². The fraction of sp³-hybridized carbons (Fsp3) is 0.923. The summed E-state index contributed by atoms with van der Waals surface area (Å²) in [7, 11) is 2.99. The van der Waals surface area contributed by atoms with Gasteiger partial charge in [-0.05, 0) is 20.8 Å². The molecule has 0 aromatic rings. The van der Waals surface area contributed by atoms with Gasteiger partial charge in [0, 0.05) is 14.2 Å². The molecule has 20 heavy (non-hydrogen) atoms. The molecule has 1 unspecified atom stereocenters. The van der Waals surface area contributed by atoms with Crippen LogP contribution in [0.4, 0.5) is 4.79 Å². The van der Waals surface area contributed by atoms with Crippen LogP contribution in [-0.4, -0.2) is 73.1 Å². The van der Waals surface area contributed by atoms with Gasteiger partial charge in [0.05, 0.1) is 6.54 Å². The molecule has 1 N–H and O–H groups in total. The lowest BCUT2D eigenvalue weighted by atomic mass is 10.0. The van der Waals surface area contributed by atoms with Crippen molar-refractivity contribution in [3.05, 3.63) is 0 Å². The molecule has 1 amide bonds. The minimum atomic E-state index is -1.07. The molecule has 2 fully saturated rings. The molecule has 0 aromatic carbocycles. The van der Waals surface area contributed by atoms with Crippen molar-refractivity contribution in [2.75, 3.05) is 27.4 Å². The minimum absolute atomic E-state index is 0.138. The Morgan fingerprint density at radius 2 is 1.95 bits per heavy atom. The molecule has 2 heterocycles. The summed E-state index contributed by atoms with van der Waals surface area (Å²) in [4.78, 5) is 13.7. The van der Waals surface area contributed by atoms with Crippen molar-refractivity contribution in [1.82, 2.24) is 4.90 Å². The van der Waals surface area contributed by atoms with Crippen molar-refractivity contribution in [2.24, 2.45) is 0 Å². The number of carbonyl (C=O) groups is 1. The Balaban J connectivity index is 2.23. The quantitative estimate of drug-likeness (QED) is 0.739. The number of aliphatic hydroxyl groups is 1. The number of β-amino-alcohol motifs (C(OH)–C–C–N with tert-alkyl or cyclic N) is 1. The first kappa shape index (κ1) is 15.5. The van der Waals surface area contributed by atoms with Crippen molar-refractivity contribution in [3.8, 4) is 0 Å². The number of carbonyl (C=O) groups excluding carboxylic acids is 1. The summed E-state index contributed by atoms with van der Waals surface area (Å²) in [6.07, 6.45) is -1.81. The highest BCUT2D eigenvalue weighted by Gasteiger charge is 2.62. The molecule has 0 aliphatic carbocycles. The third-order valence-corrected chi connectivity index (χ3v) is 3.66. The Hall–Kier alpha value is -0.890. The second-order valence-electron chi connectivity index (χ2n) is 6.14. The van der Waals surface area contributed by atoms with Gasteiger partial charge >= 0.3 is 6.09 Å². The van der Waals surface area contributed by atoms with Crippen LogP contribution in [0.3, 0.4) is 0 Å². The Labute approximate surface area is 118 Å². The second-order valence-corrected chi connectivity index (χ2v) is 6.14. The SMILES string of the molecule is COC1(OC)CO[C@@H]2C(O)CN(C(=O)OC(C)(C)C)[C@@H]21. The molecule has 0 aromatic heterocycles. The third kappa shape index (κ3) is 2.50. The highest BCUT2D eigenvalue weighted by atomic mass is 16.7. The molecule has 0 saturated carbocycles. The zero-order valence-electron chi connectivity index (χ0n) is 12.6. The van der Waals surface area contributed by atoms with Gasteiger partial charge in [-0.15, -0.1) is 0 Å². The van der Waals surface area contributed by atoms with E-state index in [1.165, 1.54) is 19.1 Å². The van der Waals surface area contributed by atoms with E-state index in [1.807, 2.05) is 0 Å². The maximum atomic E-state index is 12.3. The molecule has 0 bridgehead atoms. The molecule has 2 aliphatic rings. The topological polar surface area (TPSA) is 77.5 Å². The average molecular weight is 289 g/mol. The van der Waals surface area contributed by atoms with Gasteiger partial charge in [0.15, 0.2) is 0 Å². The minimum Gasteiger partial charge on any atom is -0.444 e. The number of hydrogen-bond donors (Lipinski definition) is 1. The fourth-order valence-corrected chi connectivity index (χ4v) is 2.75. The first-order chi connectivity index (χ1) is 9.24. The average Bonchev–Trinajstić information content (AvgIpc) is 2.87. The number of ether oxygens (including phenoxy) is 4. The predicted octanol–water partition coefficient (Wildman–Crippen LogP) is 0.355. The Kier molecular flexibility index (Phi) is 3.98. The number of methoxy groups -OCH3 is 2. The summed E-state index contributed by atoms with van der Waals surface area (Å²) in [5.41, 5.74) is -0.609. The van der Waals surface area contributed by atoms with Gasteiger partial charge in [-0.2, -0.15) is 0 Å². The van der Waals surface area contributed by atoms with E-state index < -0.39 is 35.7 Å². The monoisotopic (exact) mass is 289 g/mol. The molecule has 7 heteroatoms. The molecule has 0 radical (unpaired) electrons. The largest absolute Gasteiger partial charge is 0.444 e. The van der Waals surface area contributed by atoms with Crippen molar-refractivity contribution >= 4 is 6.09 Å². The predicted molar refractivity (Wildman–Crippen MR) is 69.2 cm³/mol. The molecule has 116 valence electrons. The Morgan fingerprint density at radius 1 is 1.35 bits per heavy atom. The molecular weight excluding hydrogens is 266 g/mol. The van der Waals surface area contributed by atoms with Crippen LogP contribution in [0.5, 0.6) is 0 Å². The number of fused-ring (bicyclic) bond motifs is 1. The number of nitrogens with zero attached hydrogens (tertiary/aromatic N) is 1. The first-order valence-electron chi connectivity index (χ1n) is 6.63. The zero-order chi connectivity index (χ0) is 15.1. The highest BCUT2D eigenvalue weighted by molar-refractivity contribution is 5.69. The van der Waals surface area contributed by atoms with Crippen LogP contribution in [0, 0.1) is 0 Å². The van der Waals surface area contributed by atoms with Crippen LogP contribution in [0.2, 0.25) is 0 Å². The summed E-state index contributed by atoms with van der Waals surface area (Å²) >= 11 is 0. The van der Waals surface area contributed by atoms with Gasteiger partial charge in [0.2, 0.25) is 5.79 Å². The van der Waals surface area contributed by atoms with Crippen molar-refractivity contribution in [3.63, 3.8) is 0 Å². The Morgan fingerprint density at radius 3 is 2.45 bits per heavy atom. The maximum absolute atomic E-state index is 12.3. The third-order valence-electron chi connectivity index (χ3n) is 3.66. The number of amides is 1. The van der Waals surface area contributed by atoms with Crippen LogP contribution in [0.25, 0.3) is 0 Å². The molecule has 2 aliphatic heterocycles. The summed E-state index contributed by atoms with van der Waals surface area (Å²) in [6.45, 7) is 5.67. The van der Waals surface area contributed by atoms with Crippen LogP contribution in [-0.2, 0) is 18.9 Å². The standard InChI is InChI=1S/C13H23NO6/c1-12(2,3)20-11(16)14-6-8(15)9-10(14)13(17-4,18-5)7-19-9/h8-10,15H,6-7H2,1-5H3/t8?,9-,10+/m1/s1. The Bertz CT molecular complexity index is 376. The molecule has 3 atom stereocenters. The van der Waals surface area contributed by atoms with E-state index in [2.05, 4.69) is 0 Å². The van der Waals surface area contributed by atoms with Gasteiger partial charge in [0.25, 0.3) is 0 Å². The van der Waals surface area contributed by atoms with E-state index in [-0.39, 0.29) is 13.2 Å². The van der Waals surface area contributed by atoms with Gasteiger partial charge in [-0.1, -0.05) is 0 Å². The number of likely N-dealkylation sites (tertiary alicyclic amines) is 1. The number of rotatable bonds is 2. The summed E-state index contributed by atoms with van der Waals surface area (Å²) in [5.74, 6) is -1.07. The lowest BCUT2D eigenvalue weighted by Gasteiger charge is -2.36. The molecular formula is C13H23NO6. The molecule has 7 nitrogen and oxygen atoms in total. The van der Waals surface area contributed by atoms with Crippen LogP contribution < -0.4 is 0 Å². The van der Waals surface area contributed by atoms with E-state index in [1.54, 1.807) is 20.8 Å². The summed E-state index contributed by atoms with van der Waals surface area (Å²) < 4.78 is 21.7. The number of aliphatic hydroxyl groups excluding tert-OH is 1. The molecule has 2 saturated heterocycles. The van der Waals surface area contributed by atoms with E-state index in [0.717, 1.165) is 0 Å². The summed E-state index contributed by atoms with van der Waals surface area (Å²) in [5, 5.41) is 10.1. The van der Waals surface area contributed by atoms with E-state index in [9.17, 15) is 9.90 Å². The van der Waals surface area contributed by atoms with Crippen LogP contribution >= 0.6 is 0 Å². The van der Waals surface area contributed by atoms with Gasteiger partial charge in [-0.25, -0.2) is 4.79 Å². The maximum Gasteiger partial charge on any atom is 0.410 e. The van der Waals surface area contributed by atoms with Crippen molar-refractivity contribution < 1.29 is 28.8 Å². The second kappa shape index (κ2) is 5.14. The highest BCUT2D eigenvalue weighted by Crippen LogP contribution is 2.39. The van der Waals surface area contributed by atoms with Gasteiger partial charge in [0.1, 0.15) is 30.5 Å². The van der Waals surface area contributed by atoms with Crippen molar-refractivity contribution in [2.45, 2.75) is 50.4 Å². The van der Waals surface area contributed by atoms with E-state index in [4.69, 9.17) is 18.9 Å².